The number of nitrogens with zero attached hydrogens (tertiary/aromatic N) is 1. The maximum Gasteiger partial charge on any atom is 0.315 e. The number of likely N-dealkylation sites (N-methyl/N-ethyl adjacent to an activating group) is 1. The van der Waals surface area contributed by atoms with E-state index in [4.69, 9.17) is 5.11 Å². The molecule has 2 unspecified atom stereocenters. The zero-order valence-corrected chi connectivity index (χ0v) is 11.0. The molecule has 0 saturated heterocycles. The van der Waals surface area contributed by atoms with Crippen LogP contribution in [0.1, 0.15) is 20.8 Å². The molecule has 0 aromatic rings. The van der Waals surface area contributed by atoms with E-state index in [-0.39, 0.29) is 6.03 Å². The van der Waals surface area contributed by atoms with Gasteiger partial charge in [0.05, 0.1) is 5.92 Å². The fourth-order valence-corrected chi connectivity index (χ4v) is 1.12. The summed E-state index contributed by atoms with van der Waals surface area (Å²) in [6.07, 6.45) is 0. The molecule has 100 valence electrons. The van der Waals surface area contributed by atoms with E-state index in [1.54, 1.807) is 13.8 Å². The Morgan fingerprint density at radius 1 is 1.35 bits per heavy atom. The second kappa shape index (κ2) is 7.89. The van der Waals surface area contributed by atoms with Gasteiger partial charge in [0, 0.05) is 19.1 Å². The van der Waals surface area contributed by atoms with Crippen molar-refractivity contribution < 1.29 is 14.7 Å². The van der Waals surface area contributed by atoms with Gasteiger partial charge in [0.25, 0.3) is 0 Å². The molecule has 0 saturated carbocycles. The first-order chi connectivity index (χ1) is 7.88. The fraction of sp³-hybridized carbons (Fsp3) is 0.818. The van der Waals surface area contributed by atoms with Crippen LogP contribution in [-0.2, 0) is 4.79 Å². The van der Waals surface area contributed by atoms with Gasteiger partial charge in [-0.1, -0.05) is 6.92 Å². The smallest absolute Gasteiger partial charge is 0.315 e. The Hall–Kier alpha value is -1.30. The summed E-state index contributed by atoms with van der Waals surface area (Å²) in [5, 5.41) is 14.1. The minimum atomic E-state index is -0.913. The Morgan fingerprint density at radius 3 is 2.41 bits per heavy atom. The highest BCUT2D eigenvalue weighted by atomic mass is 16.4. The SMILES string of the molecule is CCN(C)CCNC(=O)NC(C)C(C)C(=O)O. The monoisotopic (exact) mass is 245 g/mol. The second-order valence-electron chi connectivity index (χ2n) is 4.21. The van der Waals surface area contributed by atoms with Crippen LogP contribution in [0, 0.1) is 5.92 Å². The highest BCUT2D eigenvalue weighted by Gasteiger charge is 2.20. The predicted molar refractivity (Wildman–Crippen MR) is 66.0 cm³/mol. The number of aliphatic carboxylic acids is 1. The molecule has 0 aromatic carbocycles. The average molecular weight is 245 g/mol. The molecule has 0 bridgehead atoms. The zero-order valence-electron chi connectivity index (χ0n) is 11.0. The van der Waals surface area contributed by atoms with E-state index >= 15 is 0 Å². The van der Waals surface area contributed by atoms with Crippen molar-refractivity contribution in [2.24, 2.45) is 5.92 Å². The maximum absolute atomic E-state index is 11.4. The number of urea groups is 1. The van der Waals surface area contributed by atoms with Gasteiger partial charge in [-0.15, -0.1) is 0 Å². The molecular weight excluding hydrogens is 222 g/mol. The first kappa shape index (κ1) is 15.7. The number of carboxylic acid groups (broad SMARTS) is 1. The van der Waals surface area contributed by atoms with E-state index in [1.165, 1.54) is 0 Å². The molecule has 0 fully saturated rings. The summed E-state index contributed by atoms with van der Waals surface area (Å²) in [4.78, 5) is 24.2. The van der Waals surface area contributed by atoms with Crippen molar-refractivity contribution in [2.45, 2.75) is 26.8 Å². The number of carboxylic acids is 1. The highest BCUT2D eigenvalue weighted by molar-refractivity contribution is 5.76. The standard InChI is InChI=1S/C11H23N3O3/c1-5-14(4)7-6-12-11(17)13-9(3)8(2)10(15)16/h8-9H,5-7H2,1-4H3,(H,15,16)(H2,12,13,17). The van der Waals surface area contributed by atoms with Crippen LogP contribution >= 0.6 is 0 Å². The Bertz CT molecular complexity index is 258. The van der Waals surface area contributed by atoms with Crippen LogP contribution < -0.4 is 10.6 Å². The molecule has 0 aliphatic heterocycles. The number of nitrogens with one attached hydrogen (secondary N) is 2. The third-order valence-electron chi connectivity index (χ3n) is 2.82. The average Bonchev–Trinajstić information content (AvgIpc) is 2.27. The second-order valence-corrected chi connectivity index (χ2v) is 4.21. The minimum Gasteiger partial charge on any atom is -0.481 e. The van der Waals surface area contributed by atoms with E-state index in [0.29, 0.717) is 6.54 Å². The molecule has 0 aliphatic rings. The molecule has 0 aromatic heterocycles. The van der Waals surface area contributed by atoms with Crippen LogP contribution in [-0.4, -0.2) is 54.7 Å². The molecule has 0 rings (SSSR count). The van der Waals surface area contributed by atoms with Crippen molar-refractivity contribution in [3.8, 4) is 0 Å². The number of carbonyl (C=O) groups excluding carboxylic acids is 1. The number of hydrogen-bond acceptors (Lipinski definition) is 3. The quantitative estimate of drug-likeness (QED) is 0.604. The molecule has 17 heavy (non-hydrogen) atoms. The maximum atomic E-state index is 11.4. The lowest BCUT2D eigenvalue weighted by atomic mass is 10.0. The molecule has 0 aliphatic carbocycles. The van der Waals surface area contributed by atoms with E-state index in [0.717, 1.165) is 13.1 Å². The van der Waals surface area contributed by atoms with Gasteiger partial charge < -0.3 is 20.6 Å². The first-order valence-corrected chi connectivity index (χ1v) is 5.84. The summed E-state index contributed by atoms with van der Waals surface area (Å²) in [7, 11) is 1.97. The molecule has 6 heteroatoms. The molecule has 2 atom stereocenters. The van der Waals surface area contributed by atoms with Crippen LogP contribution in [0.2, 0.25) is 0 Å². The molecule has 3 N–H and O–H groups in total. The molecule has 2 amide bonds. The van der Waals surface area contributed by atoms with Gasteiger partial charge >= 0.3 is 12.0 Å². The van der Waals surface area contributed by atoms with Crippen LogP contribution in [0.4, 0.5) is 4.79 Å². The van der Waals surface area contributed by atoms with E-state index in [2.05, 4.69) is 15.5 Å². The molecule has 0 spiro atoms. The van der Waals surface area contributed by atoms with Crippen molar-refractivity contribution in [3.63, 3.8) is 0 Å². The van der Waals surface area contributed by atoms with Crippen LogP contribution in [0.3, 0.4) is 0 Å². The lowest BCUT2D eigenvalue weighted by Gasteiger charge is -2.19. The van der Waals surface area contributed by atoms with Gasteiger partial charge in [0.1, 0.15) is 0 Å². The van der Waals surface area contributed by atoms with Crippen molar-refractivity contribution in [2.75, 3.05) is 26.7 Å². The summed E-state index contributed by atoms with van der Waals surface area (Å²) in [5.74, 6) is -1.51. The lowest BCUT2D eigenvalue weighted by Crippen LogP contribution is -2.46. The fourth-order valence-electron chi connectivity index (χ4n) is 1.12. The topological polar surface area (TPSA) is 81.7 Å². The van der Waals surface area contributed by atoms with E-state index in [1.807, 2.05) is 14.0 Å². The summed E-state index contributed by atoms with van der Waals surface area (Å²) >= 11 is 0. The molecular formula is C11H23N3O3. The Kier molecular flexibility index (Phi) is 7.29. The Labute approximate surface area is 102 Å². The van der Waals surface area contributed by atoms with Crippen molar-refractivity contribution in [1.82, 2.24) is 15.5 Å². The third-order valence-corrected chi connectivity index (χ3v) is 2.82. The summed E-state index contributed by atoms with van der Waals surface area (Å²) in [6.45, 7) is 7.53. The van der Waals surface area contributed by atoms with Crippen LogP contribution in [0.5, 0.6) is 0 Å². The Morgan fingerprint density at radius 2 is 1.94 bits per heavy atom. The van der Waals surface area contributed by atoms with Gasteiger partial charge in [-0.3, -0.25) is 4.79 Å². The predicted octanol–water partition coefficient (Wildman–Crippen LogP) is 0.347. The van der Waals surface area contributed by atoms with Crippen molar-refractivity contribution in [3.05, 3.63) is 0 Å². The summed E-state index contributed by atoms with van der Waals surface area (Å²) < 4.78 is 0. The number of carbonyl (C=O) groups is 2. The number of hydrogen-bond donors (Lipinski definition) is 3. The molecule has 0 heterocycles. The van der Waals surface area contributed by atoms with Gasteiger partial charge in [-0.25, -0.2) is 4.79 Å². The van der Waals surface area contributed by atoms with Gasteiger partial charge in [-0.05, 0) is 27.4 Å². The zero-order chi connectivity index (χ0) is 13.4. The van der Waals surface area contributed by atoms with E-state index in [9.17, 15) is 9.59 Å². The largest absolute Gasteiger partial charge is 0.481 e. The summed E-state index contributed by atoms with van der Waals surface area (Å²) in [6, 6.07) is -0.716. The molecule has 6 nitrogen and oxygen atoms in total. The first-order valence-electron chi connectivity index (χ1n) is 5.84. The van der Waals surface area contributed by atoms with Crippen LogP contribution in [0.25, 0.3) is 0 Å². The van der Waals surface area contributed by atoms with Crippen molar-refractivity contribution >= 4 is 12.0 Å². The highest BCUT2D eigenvalue weighted by Crippen LogP contribution is 2.01. The van der Waals surface area contributed by atoms with E-state index < -0.39 is 17.9 Å². The third kappa shape index (κ3) is 6.78. The van der Waals surface area contributed by atoms with Crippen LogP contribution in [0.15, 0.2) is 0 Å². The Balaban J connectivity index is 3.82. The minimum absolute atomic E-state index is 0.324. The van der Waals surface area contributed by atoms with Crippen molar-refractivity contribution in [1.29, 1.82) is 0 Å². The lowest BCUT2D eigenvalue weighted by molar-refractivity contribution is -0.141. The normalized spacial score (nSPS) is 14.2. The van der Waals surface area contributed by atoms with Gasteiger partial charge in [-0.2, -0.15) is 0 Å². The number of rotatable bonds is 7. The number of amides is 2. The summed E-state index contributed by atoms with van der Waals surface area (Å²) in [5.41, 5.74) is 0. The van der Waals surface area contributed by atoms with Gasteiger partial charge in [0.2, 0.25) is 0 Å². The van der Waals surface area contributed by atoms with Gasteiger partial charge in [0.15, 0.2) is 0 Å². The molecule has 0 radical (unpaired) electrons.